The minimum absolute atomic E-state index is 0.0823. The summed E-state index contributed by atoms with van der Waals surface area (Å²) in [5.41, 5.74) is -0.341. The van der Waals surface area contributed by atoms with Crippen LogP contribution in [0, 0.1) is 17.3 Å². The molecule has 2 aromatic rings. The number of carbonyl (C=O) groups is 3. The van der Waals surface area contributed by atoms with Gasteiger partial charge in [-0.3, -0.25) is 14.4 Å². The molecule has 0 aromatic heterocycles. The Balaban J connectivity index is 1.40. The van der Waals surface area contributed by atoms with Crippen LogP contribution in [-0.4, -0.2) is 64.8 Å². The van der Waals surface area contributed by atoms with Gasteiger partial charge in [0.05, 0.1) is 11.5 Å². The molecule has 38 heavy (non-hydrogen) atoms. The van der Waals surface area contributed by atoms with Crippen LogP contribution in [0.3, 0.4) is 0 Å². The van der Waals surface area contributed by atoms with Gasteiger partial charge in [-0.2, -0.15) is 0 Å². The molecule has 2 saturated heterocycles. The van der Waals surface area contributed by atoms with Crippen LogP contribution in [0.15, 0.2) is 54.6 Å². The van der Waals surface area contributed by atoms with Crippen molar-refractivity contribution >= 4 is 29.3 Å². The molecule has 0 saturated carbocycles. The molecule has 3 amide bonds. The van der Waals surface area contributed by atoms with Crippen molar-refractivity contribution in [2.24, 2.45) is 17.3 Å². The van der Waals surface area contributed by atoms with Crippen molar-refractivity contribution in [2.75, 3.05) is 26.2 Å². The average Bonchev–Trinajstić information content (AvgIpc) is 3.39. The van der Waals surface area contributed by atoms with Crippen LogP contribution in [0.4, 0.5) is 0 Å². The van der Waals surface area contributed by atoms with Crippen LogP contribution in [0.25, 0.3) is 0 Å². The van der Waals surface area contributed by atoms with E-state index in [2.05, 4.69) is 5.32 Å². The number of carbonyl (C=O) groups excluding carboxylic acids is 3. The minimum atomic E-state index is -1.11. The van der Waals surface area contributed by atoms with Crippen molar-refractivity contribution in [1.29, 1.82) is 0 Å². The molecule has 3 atom stereocenters. The second kappa shape index (κ2) is 11.1. The molecular weight excluding hydrogens is 502 g/mol. The molecule has 2 heterocycles. The van der Waals surface area contributed by atoms with Gasteiger partial charge in [-0.05, 0) is 48.6 Å². The molecule has 0 aliphatic carbocycles. The standard InChI is InChI=1S/C30H38ClN3O4/c1-20(2)25(32-26(35)22-14-16-33(18-22)27(36)21-8-6-5-7-9-21)28(37)34-17-15-30(38,29(3,4)19-34)23-10-12-24(31)13-11-23/h5-13,20,22,25,38H,14-19H2,1-4H3,(H,32,35)/t22-,25-,30+/m1/s1. The predicted octanol–water partition coefficient (Wildman–Crippen LogP) is 4.09. The lowest BCUT2D eigenvalue weighted by molar-refractivity contribution is -0.157. The highest BCUT2D eigenvalue weighted by atomic mass is 35.5. The summed E-state index contributed by atoms with van der Waals surface area (Å²) in [6.45, 7) is 9.33. The molecule has 2 aliphatic rings. The predicted molar refractivity (Wildman–Crippen MR) is 148 cm³/mol. The van der Waals surface area contributed by atoms with E-state index in [1.54, 1.807) is 34.1 Å². The summed E-state index contributed by atoms with van der Waals surface area (Å²) in [7, 11) is 0. The highest BCUT2D eigenvalue weighted by Gasteiger charge is 2.50. The first kappa shape index (κ1) is 28.1. The smallest absolute Gasteiger partial charge is 0.253 e. The molecule has 2 N–H and O–H groups in total. The molecule has 4 rings (SSSR count). The van der Waals surface area contributed by atoms with Crippen molar-refractivity contribution in [1.82, 2.24) is 15.1 Å². The number of halogens is 1. The Labute approximate surface area is 230 Å². The van der Waals surface area contributed by atoms with Crippen LogP contribution in [-0.2, 0) is 15.2 Å². The summed E-state index contributed by atoms with van der Waals surface area (Å²) < 4.78 is 0. The summed E-state index contributed by atoms with van der Waals surface area (Å²) >= 11 is 6.05. The van der Waals surface area contributed by atoms with Gasteiger partial charge >= 0.3 is 0 Å². The van der Waals surface area contributed by atoms with Gasteiger partial charge in [0.1, 0.15) is 6.04 Å². The summed E-state index contributed by atoms with van der Waals surface area (Å²) in [6.07, 6.45) is 0.944. The fourth-order valence-corrected chi connectivity index (χ4v) is 5.80. The van der Waals surface area contributed by atoms with Crippen molar-refractivity contribution < 1.29 is 19.5 Å². The average molecular weight is 540 g/mol. The van der Waals surface area contributed by atoms with Gasteiger partial charge in [0, 0.05) is 42.2 Å². The number of nitrogens with one attached hydrogen (secondary N) is 1. The lowest BCUT2D eigenvalue weighted by Crippen LogP contribution is -2.60. The third-order valence-electron chi connectivity index (χ3n) is 8.18. The molecule has 2 aliphatic heterocycles. The minimum Gasteiger partial charge on any atom is -0.384 e. The quantitative estimate of drug-likeness (QED) is 0.578. The van der Waals surface area contributed by atoms with Crippen LogP contribution < -0.4 is 5.32 Å². The van der Waals surface area contributed by atoms with Crippen molar-refractivity contribution in [3.05, 3.63) is 70.7 Å². The molecule has 2 fully saturated rings. The number of rotatable bonds is 6. The Bertz CT molecular complexity index is 1170. The second-order valence-corrected chi connectivity index (χ2v) is 12.0. The largest absolute Gasteiger partial charge is 0.384 e. The number of amides is 3. The van der Waals surface area contributed by atoms with Gasteiger partial charge < -0.3 is 20.2 Å². The van der Waals surface area contributed by atoms with Crippen molar-refractivity contribution in [2.45, 2.75) is 52.2 Å². The Morgan fingerprint density at radius 3 is 2.26 bits per heavy atom. The Hall–Kier alpha value is -2.90. The van der Waals surface area contributed by atoms with Gasteiger partial charge in [-0.25, -0.2) is 0 Å². The normalized spacial score (nSPS) is 23.8. The van der Waals surface area contributed by atoms with E-state index in [-0.39, 0.29) is 29.6 Å². The molecule has 0 bridgehead atoms. The number of likely N-dealkylation sites (tertiary alicyclic amines) is 2. The second-order valence-electron chi connectivity index (χ2n) is 11.6. The number of nitrogens with zero attached hydrogens (tertiary/aromatic N) is 2. The zero-order valence-electron chi connectivity index (χ0n) is 22.6. The van der Waals surface area contributed by atoms with Crippen molar-refractivity contribution in [3.63, 3.8) is 0 Å². The number of piperidine rings is 1. The molecule has 2 aromatic carbocycles. The van der Waals surface area contributed by atoms with Gasteiger partial charge in [0.25, 0.3) is 5.91 Å². The van der Waals surface area contributed by atoms with Gasteiger partial charge in [-0.1, -0.05) is 69.6 Å². The van der Waals surface area contributed by atoms with Gasteiger partial charge in [0.2, 0.25) is 11.8 Å². The summed E-state index contributed by atoms with van der Waals surface area (Å²) in [4.78, 5) is 43.2. The van der Waals surface area contributed by atoms with E-state index in [0.717, 1.165) is 5.56 Å². The van der Waals surface area contributed by atoms with E-state index >= 15 is 0 Å². The molecular formula is C30H38ClN3O4. The fourth-order valence-electron chi connectivity index (χ4n) is 5.67. The molecule has 204 valence electrons. The third kappa shape index (κ3) is 5.59. The number of hydrogen-bond donors (Lipinski definition) is 2. The van der Waals surface area contributed by atoms with Gasteiger partial charge in [-0.15, -0.1) is 0 Å². The SMILES string of the molecule is CC(C)[C@@H](NC(=O)[C@@H]1CCN(C(=O)c2ccccc2)C1)C(=O)N1CC[C@](O)(c2ccc(Cl)cc2)C(C)(C)C1. The van der Waals surface area contributed by atoms with E-state index in [4.69, 9.17) is 11.6 Å². The van der Waals surface area contributed by atoms with Crippen LogP contribution in [0.2, 0.25) is 5.02 Å². The van der Waals surface area contributed by atoms with E-state index in [1.807, 2.05) is 58.0 Å². The number of hydrogen-bond acceptors (Lipinski definition) is 4. The zero-order valence-corrected chi connectivity index (χ0v) is 23.4. The Morgan fingerprint density at radius 2 is 1.66 bits per heavy atom. The van der Waals surface area contributed by atoms with Crippen LogP contribution in [0.5, 0.6) is 0 Å². The highest BCUT2D eigenvalue weighted by molar-refractivity contribution is 6.30. The highest BCUT2D eigenvalue weighted by Crippen LogP contribution is 2.46. The summed E-state index contributed by atoms with van der Waals surface area (Å²) in [5, 5.41) is 15.3. The summed E-state index contributed by atoms with van der Waals surface area (Å²) in [6, 6.07) is 15.6. The van der Waals surface area contributed by atoms with Crippen LogP contribution >= 0.6 is 11.6 Å². The van der Waals surface area contributed by atoms with Gasteiger partial charge in [0.15, 0.2) is 0 Å². The fraction of sp³-hybridized carbons (Fsp3) is 0.500. The monoisotopic (exact) mass is 539 g/mol. The van der Waals surface area contributed by atoms with E-state index in [9.17, 15) is 19.5 Å². The van der Waals surface area contributed by atoms with E-state index in [1.165, 1.54) is 0 Å². The molecule has 0 radical (unpaired) electrons. The molecule has 0 unspecified atom stereocenters. The van der Waals surface area contributed by atoms with E-state index < -0.39 is 17.1 Å². The maximum absolute atomic E-state index is 13.7. The maximum atomic E-state index is 13.7. The molecule has 7 nitrogen and oxygen atoms in total. The lowest BCUT2D eigenvalue weighted by Gasteiger charge is -2.51. The first-order chi connectivity index (χ1) is 17.9. The molecule has 0 spiro atoms. The summed E-state index contributed by atoms with van der Waals surface area (Å²) in [5.74, 6) is -0.898. The first-order valence-corrected chi connectivity index (χ1v) is 13.7. The Morgan fingerprint density at radius 1 is 1.00 bits per heavy atom. The van der Waals surface area contributed by atoms with Crippen LogP contribution in [0.1, 0.15) is 56.5 Å². The topological polar surface area (TPSA) is 90.0 Å². The maximum Gasteiger partial charge on any atom is 0.253 e. The van der Waals surface area contributed by atoms with Crippen molar-refractivity contribution in [3.8, 4) is 0 Å². The Kier molecular flexibility index (Phi) is 8.19. The molecule has 8 heteroatoms. The third-order valence-corrected chi connectivity index (χ3v) is 8.43. The van der Waals surface area contributed by atoms with E-state index in [0.29, 0.717) is 49.6 Å². The number of benzene rings is 2. The first-order valence-electron chi connectivity index (χ1n) is 13.3. The lowest BCUT2D eigenvalue weighted by atomic mass is 9.66. The zero-order chi connectivity index (χ0) is 27.7. The number of aliphatic hydroxyl groups is 1.